The molecule has 0 saturated heterocycles. The lowest BCUT2D eigenvalue weighted by Gasteiger charge is -2.28. The first-order valence-corrected chi connectivity index (χ1v) is 5.04. The maximum Gasteiger partial charge on any atom is 0.168 e. The van der Waals surface area contributed by atoms with Crippen LogP contribution in [-0.2, 0) is 0 Å². The highest BCUT2D eigenvalue weighted by Crippen LogP contribution is 2.30. The molecule has 0 aliphatic heterocycles. The molecular weight excluding hydrogens is 168 g/mol. The van der Waals surface area contributed by atoms with Crippen LogP contribution in [0, 0.1) is 5.92 Å². The monoisotopic (exact) mass is 186 g/mol. The summed E-state index contributed by atoms with van der Waals surface area (Å²) in [5, 5.41) is 3.92. The van der Waals surface area contributed by atoms with Crippen molar-refractivity contribution in [3.63, 3.8) is 0 Å². The average Bonchev–Trinajstić information content (AvgIpc) is 2.81. The molecule has 0 atom stereocenters. The van der Waals surface area contributed by atoms with E-state index in [9.17, 15) is 0 Å². The first kappa shape index (κ1) is 9.78. The maximum absolute atomic E-state index is 5.21. The van der Waals surface area contributed by atoms with Gasteiger partial charge in [-0.1, -0.05) is 0 Å². The highest BCUT2D eigenvalue weighted by Gasteiger charge is 2.26. The third-order valence-corrected chi connectivity index (χ3v) is 2.69. The molecule has 0 spiro atoms. The molecule has 0 unspecified atom stereocenters. The van der Waals surface area contributed by atoms with Crippen molar-refractivity contribution in [3.05, 3.63) is 0 Å². The molecule has 0 amide bonds. The Morgan fingerprint density at radius 1 is 1.58 bits per heavy atom. The average molecular weight is 186 g/mol. The van der Waals surface area contributed by atoms with E-state index in [-0.39, 0.29) is 0 Å². The Hall–Kier alpha value is -0.310. The second kappa shape index (κ2) is 4.08. The number of thiocarbonyl (C=S) groups is 1. The van der Waals surface area contributed by atoms with Crippen LogP contribution in [0.4, 0.5) is 0 Å². The Bertz CT molecular complexity index is 164. The van der Waals surface area contributed by atoms with Crippen molar-refractivity contribution in [3.8, 4) is 0 Å². The first-order valence-electron chi connectivity index (χ1n) is 4.63. The van der Waals surface area contributed by atoms with E-state index in [0.29, 0.717) is 6.04 Å². The largest absolute Gasteiger partial charge is 0.366 e. The van der Waals surface area contributed by atoms with Crippen molar-refractivity contribution in [2.24, 2.45) is 5.92 Å². The zero-order chi connectivity index (χ0) is 9.14. The van der Waals surface area contributed by atoms with Gasteiger partial charge in [-0.05, 0) is 44.8 Å². The molecule has 12 heavy (non-hydrogen) atoms. The molecule has 0 bridgehead atoms. The van der Waals surface area contributed by atoms with E-state index >= 15 is 0 Å². The van der Waals surface area contributed by atoms with Crippen LogP contribution >= 0.6 is 12.2 Å². The Kier molecular flexibility index (Phi) is 3.32. The Morgan fingerprint density at radius 3 is 2.50 bits per heavy atom. The van der Waals surface area contributed by atoms with Gasteiger partial charge in [-0.15, -0.1) is 0 Å². The zero-order valence-electron chi connectivity index (χ0n) is 8.13. The normalized spacial score (nSPS) is 16.3. The maximum atomic E-state index is 5.21. The van der Waals surface area contributed by atoms with Crippen molar-refractivity contribution in [2.75, 3.05) is 13.6 Å². The number of nitrogens with one attached hydrogen (secondary N) is 1. The topological polar surface area (TPSA) is 15.3 Å². The lowest BCUT2D eigenvalue weighted by molar-refractivity contribution is 0.333. The summed E-state index contributed by atoms with van der Waals surface area (Å²) in [6, 6.07) is 0.519. The molecule has 0 aromatic carbocycles. The summed E-state index contributed by atoms with van der Waals surface area (Å²) in [6.45, 7) is 5.51. The SMILES string of the molecule is CNC(=S)N(CC1CC1)C(C)C. The summed E-state index contributed by atoms with van der Waals surface area (Å²) in [5.41, 5.74) is 0. The van der Waals surface area contributed by atoms with E-state index in [1.807, 2.05) is 7.05 Å². The highest BCUT2D eigenvalue weighted by atomic mass is 32.1. The molecule has 1 fully saturated rings. The van der Waals surface area contributed by atoms with E-state index in [4.69, 9.17) is 12.2 Å². The van der Waals surface area contributed by atoms with Crippen molar-refractivity contribution in [1.82, 2.24) is 10.2 Å². The minimum Gasteiger partial charge on any atom is -0.366 e. The van der Waals surface area contributed by atoms with E-state index in [0.717, 1.165) is 17.6 Å². The molecule has 0 radical (unpaired) electrons. The molecule has 3 heteroatoms. The van der Waals surface area contributed by atoms with Crippen LogP contribution < -0.4 is 5.32 Å². The third kappa shape index (κ3) is 2.63. The predicted molar refractivity (Wildman–Crippen MR) is 56.2 cm³/mol. The van der Waals surface area contributed by atoms with Gasteiger partial charge in [0.05, 0.1) is 0 Å². The van der Waals surface area contributed by atoms with E-state index < -0.39 is 0 Å². The van der Waals surface area contributed by atoms with Gasteiger partial charge < -0.3 is 10.2 Å². The van der Waals surface area contributed by atoms with Crippen molar-refractivity contribution in [2.45, 2.75) is 32.7 Å². The van der Waals surface area contributed by atoms with Crippen LogP contribution in [0.5, 0.6) is 0 Å². The minimum absolute atomic E-state index is 0.519. The molecule has 1 aliphatic carbocycles. The van der Waals surface area contributed by atoms with Gasteiger partial charge in [0, 0.05) is 19.6 Å². The summed E-state index contributed by atoms with van der Waals surface area (Å²) >= 11 is 5.21. The second-order valence-electron chi connectivity index (χ2n) is 3.74. The Balaban J connectivity index is 2.41. The number of nitrogens with zero attached hydrogens (tertiary/aromatic N) is 1. The zero-order valence-corrected chi connectivity index (χ0v) is 8.95. The number of hydrogen-bond acceptors (Lipinski definition) is 1. The van der Waals surface area contributed by atoms with Gasteiger partial charge in [-0.3, -0.25) is 0 Å². The Labute approximate surface area is 80.3 Å². The van der Waals surface area contributed by atoms with Crippen LogP contribution in [0.15, 0.2) is 0 Å². The van der Waals surface area contributed by atoms with Crippen LogP contribution in [-0.4, -0.2) is 29.6 Å². The Morgan fingerprint density at radius 2 is 2.17 bits per heavy atom. The summed E-state index contributed by atoms with van der Waals surface area (Å²) in [7, 11) is 1.89. The smallest absolute Gasteiger partial charge is 0.168 e. The molecule has 70 valence electrons. The van der Waals surface area contributed by atoms with Crippen molar-refractivity contribution >= 4 is 17.3 Å². The highest BCUT2D eigenvalue weighted by molar-refractivity contribution is 7.80. The van der Waals surface area contributed by atoms with Gasteiger partial charge in [0.2, 0.25) is 0 Å². The lowest BCUT2D eigenvalue weighted by Crippen LogP contribution is -2.43. The summed E-state index contributed by atoms with van der Waals surface area (Å²) < 4.78 is 0. The fourth-order valence-corrected chi connectivity index (χ4v) is 1.54. The molecule has 1 N–H and O–H groups in total. The van der Waals surface area contributed by atoms with Gasteiger partial charge in [-0.25, -0.2) is 0 Å². The third-order valence-electron chi connectivity index (χ3n) is 2.25. The van der Waals surface area contributed by atoms with E-state index in [2.05, 4.69) is 24.1 Å². The number of rotatable bonds is 3. The molecule has 0 heterocycles. The molecular formula is C9H18N2S. The van der Waals surface area contributed by atoms with Gasteiger partial charge in [-0.2, -0.15) is 0 Å². The molecule has 0 aromatic heterocycles. The first-order chi connectivity index (χ1) is 5.65. The molecule has 1 rings (SSSR count). The van der Waals surface area contributed by atoms with E-state index in [1.54, 1.807) is 0 Å². The fraction of sp³-hybridized carbons (Fsp3) is 0.889. The van der Waals surface area contributed by atoms with Crippen LogP contribution in [0.1, 0.15) is 26.7 Å². The predicted octanol–water partition coefficient (Wildman–Crippen LogP) is 1.61. The van der Waals surface area contributed by atoms with Crippen LogP contribution in [0.25, 0.3) is 0 Å². The molecule has 0 aromatic rings. The summed E-state index contributed by atoms with van der Waals surface area (Å²) in [6.07, 6.45) is 2.77. The summed E-state index contributed by atoms with van der Waals surface area (Å²) in [5.74, 6) is 0.902. The second-order valence-corrected chi connectivity index (χ2v) is 4.13. The molecule has 1 aliphatic rings. The van der Waals surface area contributed by atoms with E-state index in [1.165, 1.54) is 12.8 Å². The minimum atomic E-state index is 0.519. The molecule has 2 nitrogen and oxygen atoms in total. The van der Waals surface area contributed by atoms with Gasteiger partial charge in [0.25, 0.3) is 0 Å². The van der Waals surface area contributed by atoms with Gasteiger partial charge >= 0.3 is 0 Å². The van der Waals surface area contributed by atoms with Gasteiger partial charge in [0.15, 0.2) is 5.11 Å². The van der Waals surface area contributed by atoms with Crippen molar-refractivity contribution in [1.29, 1.82) is 0 Å². The quantitative estimate of drug-likeness (QED) is 0.674. The van der Waals surface area contributed by atoms with Crippen LogP contribution in [0.3, 0.4) is 0 Å². The standard InChI is InChI=1S/C9H18N2S/c1-7(2)11(9(12)10-3)6-8-4-5-8/h7-8H,4-6H2,1-3H3,(H,10,12). The molecule has 1 saturated carbocycles. The summed E-state index contributed by atoms with van der Waals surface area (Å²) in [4.78, 5) is 2.27. The lowest BCUT2D eigenvalue weighted by atomic mass is 10.3. The van der Waals surface area contributed by atoms with Crippen molar-refractivity contribution < 1.29 is 0 Å². The fourth-order valence-electron chi connectivity index (χ4n) is 1.25. The van der Waals surface area contributed by atoms with Crippen LogP contribution in [0.2, 0.25) is 0 Å². The van der Waals surface area contributed by atoms with Gasteiger partial charge in [0.1, 0.15) is 0 Å². The number of hydrogen-bond donors (Lipinski definition) is 1.